The summed E-state index contributed by atoms with van der Waals surface area (Å²) in [5.74, 6) is -0.769. The zero-order valence-corrected chi connectivity index (χ0v) is 12.1. The molecule has 2 N–H and O–H groups in total. The highest BCUT2D eigenvalue weighted by Crippen LogP contribution is 2.21. The number of hydrogen-bond acceptors (Lipinski definition) is 3. The fourth-order valence-electron chi connectivity index (χ4n) is 1.86. The van der Waals surface area contributed by atoms with E-state index in [2.05, 4.69) is 10.6 Å². The van der Waals surface area contributed by atoms with Crippen LogP contribution < -0.4 is 15.4 Å². The number of nitrogens with one attached hydrogen (secondary N) is 2. The molecular weight excluding hydrogens is 287 g/mol. The van der Waals surface area contributed by atoms with Gasteiger partial charge >= 0.3 is 0 Å². The van der Waals surface area contributed by atoms with Gasteiger partial charge in [-0.2, -0.15) is 0 Å². The number of carbonyl (C=O) groups is 2. The Morgan fingerprint density at radius 3 is 2.55 bits per heavy atom. The number of ether oxygens (including phenoxy) is 1. The normalized spacial score (nSPS) is 9.95. The molecule has 0 atom stereocenters. The molecule has 0 aliphatic rings. The molecule has 5 nitrogen and oxygen atoms in total. The molecule has 0 bridgehead atoms. The Hall–Kier alpha value is -2.89. The zero-order chi connectivity index (χ0) is 16.1. The van der Waals surface area contributed by atoms with E-state index >= 15 is 0 Å². The summed E-state index contributed by atoms with van der Waals surface area (Å²) in [6.45, 7) is 1.28. The topological polar surface area (TPSA) is 67.4 Å². The van der Waals surface area contributed by atoms with Gasteiger partial charge in [-0.1, -0.05) is 6.07 Å². The maximum atomic E-state index is 13.5. The lowest BCUT2D eigenvalue weighted by atomic mass is 10.2. The molecule has 0 radical (unpaired) electrons. The quantitative estimate of drug-likeness (QED) is 0.912. The molecule has 0 saturated carbocycles. The second kappa shape index (κ2) is 6.71. The molecule has 0 aromatic heterocycles. The number of halogens is 1. The van der Waals surface area contributed by atoms with Gasteiger partial charge in [-0.25, -0.2) is 4.39 Å². The first-order valence-corrected chi connectivity index (χ1v) is 6.52. The van der Waals surface area contributed by atoms with E-state index in [1.807, 2.05) is 0 Å². The van der Waals surface area contributed by atoms with E-state index in [1.54, 1.807) is 24.3 Å². The first-order chi connectivity index (χ1) is 10.5. The minimum atomic E-state index is -0.574. The minimum absolute atomic E-state index is 0.0101. The fraction of sp³-hybridized carbons (Fsp3) is 0.125. The summed E-state index contributed by atoms with van der Waals surface area (Å²) in [5, 5.41) is 5.00. The molecule has 0 fully saturated rings. The van der Waals surface area contributed by atoms with Gasteiger partial charge in [-0.15, -0.1) is 0 Å². The van der Waals surface area contributed by atoms with Crippen molar-refractivity contribution in [3.63, 3.8) is 0 Å². The van der Waals surface area contributed by atoms with E-state index in [0.717, 1.165) is 0 Å². The molecule has 2 aromatic rings. The number of methoxy groups -OCH3 is 1. The van der Waals surface area contributed by atoms with Gasteiger partial charge in [0.15, 0.2) is 0 Å². The van der Waals surface area contributed by atoms with Gasteiger partial charge in [-0.3, -0.25) is 9.59 Å². The highest BCUT2D eigenvalue weighted by atomic mass is 19.1. The van der Waals surface area contributed by atoms with Crippen molar-refractivity contribution in [2.24, 2.45) is 0 Å². The molecule has 2 amide bonds. The van der Waals surface area contributed by atoms with Crippen LogP contribution in [0.25, 0.3) is 0 Å². The molecule has 2 rings (SSSR count). The van der Waals surface area contributed by atoms with Gasteiger partial charge in [0.1, 0.15) is 11.6 Å². The summed E-state index contributed by atoms with van der Waals surface area (Å²) in [6.07, 6.45) is 0. The van der Waals surface area contributed by atoms with Gasteiger partial charge in [0.2, 0.25) is 5.91 Å². The highest BCUT2D eigenvalue weighted by molar-refractivity contribution is 6.04. The average Bonchev–Trinajstić information content (AvgIpc) is 2.50. The number of rotatable bonds is 4. The van der Waals surface area contributed by atoms with Gasteiger partial charge < -0.3 is 15.4 Å². The predicted molar refractivity (Wildman–Crippen MR) is 81.7 cm³/mol. The van der Waals surface area contributed by atoms with Gasteiger partial charge in [-0.05, 0) is 36.4 Å². The van der Waals surface area contributed by atoms with Crippen molar-refractivity contribution in [2.45, 2.75) is 6.92 Å². The molecule has 2 aromatic carbocycles. The summed E-state index contributed by atoms with van der Waals surface area (Å²) in [6, 6.07) is 10.6. The van der Waals surface area contributed by atoms with Crippen LogP contribution in [0.1, 0.15) is 17.3 Å². The van der Waals surface area contributed by atoms with Crippen LogP contribution >= 0.6 is 0 Å². The summed E-state index contributed by atoms with van der Waals surface area (Å²) in [7, 11) is 1.51. The number of carbonyl (C=O) groups excluding carboxylic acids is 2. The Labute approximate surface area is 127 Å². The molecule has 114 valence electrons. The molecule has 0 unspecified atom stereocenters. The molecular formula is C16H15FN2O3. The molecule has 0 aliphatic heterocycles. The molecule has 6 heteroatoms. The Bertz CT molecular complexity index is 716. The SMILES string of the molecule is COc1cccc(C(=O)Nc2ccc(F)c(NC(C)=O)c2)c1. The third-order valence-corrected chi connectivity index (χ3v) is 2.87. The Morgan fingerprint density at radius 1 is 1.09 bits per heavy atom. The van der Waals surface area contributed by atoms with Crippen LogP contribution in [0.4, 0.5) is 15.8 Å². The highest BCUT2D eigenvalue weighted by Gasteiger charge is 2.10. The van der Waals surface area contributed by atoms with Crippen LogP contribution in [0.2, 0.25) is 0 Å². The van der Waals surface area contributed by atoms with Crippen LogP contribution in [0.3, 0.4) is 0 Å². The van der Waals surface area contributed by atoms with E-state index in [0.29, 0.717) is 17.0 Å². The maximum Gasteiger partial charge on any atom is 0.255 e. The summed E-state index contributed by atoms with van der Waals surface area (Å²) >= 11 is 0. The van der Waals surface area contributed by atoms with E-state index in [1.165, 1.54) is 32.2 Å². The first kappa shape index (κ1) is 15.5. The van der Waals surface area contributed by atoms with Crippen LogP contribution in [-0.4, -0.2) is 18.9 Å². The number of hydrogen-bond donors (Lipinski definition) is 2. The third kappa shape index (κ3) is 3.82. The largest absolute Gasteiger partial charge is 0.497 e. The second-order valence-electron chi connectivity index (χ2n) is 4.56. The summed E-state index contributed by atoms with van der Waals surface area (Å²) in [4.78, 5) is 23.2. The van der Waals surface area contributed by atoms with E-state index in [-0.39, 0.29) is 11.6 Å². The molecule has 22 heavy (non-hydrogen) atoms. The van der Waals surface area contributed by atoms with Crippen molar-refractivity contribution < 1.29 is 18.7 Å². The van der Waals surface area contributed by atoms with E-state index in [9.17, 15) is 14.0 Å². The van der Waals surface area contributed by atoms with Crippen molar-refractivity contribution in [1.29, 1.82) is 0 Å². The third-order valence-electron chi connectivity index (χ3n) is 2.87. The fourth-order valence-corrected chi connectivity index (χ4v) is 1.86. The second-order valence-corrected chi connectivity index (χ2v) is 4.56. The lowest BCUT2D eigenvalue weighted by Gasteiger charge is -2.09. The van der Waals surface area contributed by atoms with Crippen molar-refractivity contribution in [3.05, 3.63) is 53.8 Å². The summed E-state index contributed by atoms with van der Waals surface area (Å²) in [5.41, 5.74) is 0.790. The molecule has 0 saturated heterocycles. The Balaban J connectivity index is 2.19. The van der Waals surface area contributed by atoms with Crippen molar-refractivity contribution >= 4 is 23.2 Å². The lowest BCUT2D eigenvalue weighted by molar-refractivity contribution is -0.114. The van der Waals surface area contributed by atoms with Crippen LogP contribution in [-0.2, 0) is 4.79 Å². The van der Waals surface area contributed by atoms with Crippen LogP contribution in [0, 0.1) is 5.82 Å². The average molecular weight is 302 g/mol. The van der Waals surface area contributed by atoms with Crippen molar-refractivity contribution in [3.8, 4) is 5.75 Å². The number of anilines is 2. The van der Waals surface area contributed by atoms with Crippen molar-refractivity contribution in [1.82, 2.24) is 0 Å². The predicted octanol–water partition coefficient (Wildman–Crippen LogP) is 3.05. The molecule has 0 heterocycles. The minimum Gasteiger partial charge on any atom is -0.497 e. The molecule has 0 spiro atoms. The Kier molecular flexibility index (Phi) is 4.73. The van der Waals surface area contributed by atoms with Crippen molar-refractivity contribution in [2.75, 3.05) is 17.7 Å². The number of amides is 2. The van der Waals surface area contributed by atoms with Gasteiger partial charge in [0.05, 0.1) is 12.8 Å². The van der Waals surface area contributed by atoms with E-state index in [4.69, 9.17) is 4.74 Å². The smallest absolute Gasteiger partial charge is 0.255 e. The molecule has 0 aliphatic carbocycles. The lowest BCUT2D eigenvalue weighted by Crippen LogP contribution is -2.13. The number of benzene rings is 2. The maximum absolute atomic E-state index is 13.5. The first-order valence-electron chi connectivity index (χ1n) is 6.52. The van der Waals surface area contributed by atoms with Crippen LogP contribution in [0.5, 0.6) is 5.75 Å². The monoisotopic (exact) mass is 302 g/mol. The van der Waals surface area contributed by atoms with E-state index < -0.39 is 11.7 Å². The zero-order valence-electron chi connectivity index (χ0n) is 12.1. The Morgan fingerprint density at radius 2 is 1.86 bits per heavy atom. The summed E-state index contributed by atoms with van der Waals surface area (Å²) < 4.78 is 18.6. The van der Waals surface area contributed by atoms with Crippen LogP contribution in [0.15, 0.2) is 42.5 Å². The van der Waals surface area contributed by atoms with Gasteiger partial charge in [0, 0.05) is 18.2 Å². The standard InChI is InChI=1S/C16H15FN2O3/c1-10(20)18-15-9-12(6-7-14(15)17)19-16(21)11-4-3-5-13(8-11)22-2/h3-9H,1-2H3,(H,18,20)(H,19,21). The van der Waals surface area contributed by atoms with Gasteiger partial charge in [0.25, 0.3) is 5.91 Å².